The molecule has 0 bridgehead atoms. The van der Waals surface area contributed by atoms with Gasteiger partial charge in [-0.05, 0) is 36.1 Å². The molecule has 0 radical (unpaired) electrons. The summed E-state index contributed by atoms with van der Waals surface area (Å²) in [5.41, 5.74) is 3.69. The van der Waals surface area contributed by atoms with Crippen LogP contribution < -0.4 is 10.2 Å². The van der Waals surface area contributed by atoms with Gasteiger partial charge < -0.3 is 5.32 Å². The molecule has 1 aliphatic heterocycles. The number of para-hydroxylation sites is 1. The molecule has 2 aromatic rings. The van der Waals surface area contributed by atoms with E-state index in [1.54, 1.807) is 12.4 Å². The van der Waals surface area contributed by atoms with Crippen LogP contribution in [0.3, 0.4) is 0 Å². The summed E-state index contributed by atoms with van der Waals surface area (Å²) in [5.74, 6) is -0.452. The first-order valence-electron chi connectivity index (χ1n) is 7.75. The molecule has 23 heavy (non-hydrogen) atoms. The van der Waals surface area contributed by atoms with E-state index in [-0.39, 0.29) is 18.2 Å². The van der Waals surface area contributed by atoms with Gasteiger partial charge in [-0.2, -0.15) is 0 Å². The number of nitrogens with zero attached hydrogens (tertiary/aromatic N) is 2. The first-order valence-corrected chi connectivity index (χ1v) is 7.75. The monoisotopic (exact) mass is 309 g/mol. The van der Waals surface area contributed by atoms with E-state index in [1.807, 2.05) is 30.3 Å². The summed E-state index contributed by atoms with van der Waals surface area (Å²) in [4.78, 5) is 30.0. The Labute approximate surface area is 135 Å². The Bertz CT molecular complexity index is 728. The number of nitrogens with one attached hydrogen (secondary N) is 1. The molecule has 3 rings (SSSR count). The van der Waals surface area contributed by atoms with Gasteiger partial charge in [-0.3, -0.25) is 14.6 Å². The van der Waals surface area contributed by atoms with Gasteiger partial charge in [0, 0.05) is 32.3 Å². The second kappa shape index (κ2) is 6.60. The van der Waals surface area contributed by atoms with Crippen LogP contribution in [0.25, 0.3) is 0 Å². The molecule has 118 valence electrons. The number of pyridine rings is 1. The molecule has 0 atom stereocenters. The van der Waals surface area contributed by atoms with Gasteiger partial charge >= 0.3 is 0 Å². The van der Waals surface area contributed by atoms with Crippen LogP contribution in [0, 0.1) is 0 Å². The SMILES string of the molecule is CC(=O)N(C(=O)CCc1cccnc1)c1cccc2c1NCC2. The molecular formula is C18H19N3O2. The van der Waals surface area contributed by atoms with Crippen LogP contribution in [0.1, 0.15) is 24.5 Å². The summed E-state index contributed by atoms with van der Waals surface area (Å²) in [6, 6.07) is 9.51. The van der Waals surface area contributed by atoms with Crippen molar-refractivity contribution < 1.29 is 9.59 Å². The lowest BCUT2D eigenvalue weighted by atomic mass is 10.1. The van der Waals surface area contributed by atoms with Gasteiger partial charge in [0.1, 0.15) is 0 Å². The second-order valence-corrected chi connectivity index (χ2v) is 5.60. The lowest BCUT2D eigenvalue weighted by molar-refractivity contribution is -0.125. The van der Waals surface area contributed by atoms with E-state index in [0.717, 1.165) is 29.8 Å². The van der Waals surface area contributed by atoms with Gasteiger partial charge in [-0.25, -0.2) is 4.90 Å². The zero-order chi connectivity index (χ0) is 16.2. The van der Waals surface area contributed by atoms with Gasteiger partial charge in [0.25, 0.3) is 0 Å². The minimum atomic E-state index is -0.261. The maximum atomic E-state index is 12.6. The summed E-state index contributed by atoms with van der Waals surface area (Å²) < 4.78 is 0. The van der Waals surface area contributed by atoms with Gasteiger partial charge in [-0.15, -0.1) is 0 Å². The zero-order valence-electron chi connectivity index (χ0n) is 13.1. The molecular weight excluding hydrogens is 290 g/mol. The number of anilines is 2. The van der Waals surface area contributed by atoms with Crippen LogP contribution in [0.4, 0.5) is 11.4 Å². The van der Waals surface area contributed by atoms with E-state index in [1.165, 1.54) is 11.8 Å². The molecule has 0 unspecified atom stereocenters. The smallest absolute Gasteiger partial charge is 0.234 e. The van der Waals surface area contributed by atoms with Crippen molar-refractivity contribution in [3.8, 4) is 0 Å². The number of fused-ring (bicyclic) bond motifs is 1. The number of aromatic nitrogens is 1. The molecule has 1 N–H and O–H groups in total. The summed E-state index contributed by atoms with van der Waals surface area (Å²) in [5, 5.41) is 3.28. The van der Waals surface area contributed by atoms with E-state index in [0.29, 0.717) is 12.1 Å². The second-order valence-electron chi connectivity index (χ2n) is 5.60. The van der Waals surface area contributed by atoms with Gasteiger partial charge in [0.15, 0.2) is 0 Å². The molecule has 5 nitrogen and oxygen atoms in total. The quantitative estimate of drug-likeness (QED) is 0.943. The highest BCUT2D eigenvalue weighted by molar-refractivity contribution is 6.16. The predicted octanol–water partition coefficient (Wildman–Crippen LogP) is 2.56. The first-order chi connectivity index (χ1) is 11.2. The van der Waals surface area contributed by atoms with Gasteiger partial charge in [-0.1, -0.05) is 18.2 Å². The minimum Gasteiger partial charge on any atom is -0.383 e. The summed E-state index contributed by atoms with van der Waals surface area (Å²) in [7, 11) is 0. The Hall–Kier alpha value is -2.69. The maximum absolute atomic E-state index is 12.6. The highest BCUT2D eigenvalue weighted by Crippen LogP contribution is 2.34. The van der Waals surface area contributed by atoms with Crippen molar-refractivity contribution >= 4 is 23.2 Å². The summed E-state index contributed by atoms with van der Waals surface area (Å²) >= 11 is 0. The Kier molecular flexibility index (Phi) is 4.37. The topological polar surface area (TPSA) is 62.3 Å². The van der Waals surface area contributed by atoms with Crippen molar-refractivity contribution in [1.82, 2.24) is 4.98 Å². The number of carbonyl (C=O) groups is 2. The van der Waals surface area contributed by atoms with Crippen molar-refractivity contribution in [2.75, 3.05) is 16.8 Å². The van der Waals surface area contributed by atoms with E-state index >= 15 is 0 Å². The number of imide groups is 1. The van der Waals surface area contributed by atoms with Crippen LogP contribution in [-0.4, -0.2) is 23.3 Å². The normalized spacial score (nSPS) is 12.4. The number of carbonyl (C=O) groups excluding carboxylic acids is 2. The average Bonchev–Trinajstić information content (AvgIpc) is 3.03. The third-order valence-corrected chi connectivity index (χ3v) is 3.98. The van der Waals surface area contributed by atoms with Gasteiger partial charge in [0.2, 0.25) is 11.8 Å². The van der Waals surface area contributed by atoms with Crippen LogP contribution >= 0.6 is 0 Å². The first kappa shape index (κ1) is 15.2. The molecule has 1 aromatic heterocycles. The number of hydrogen-bond acceptors (Lipinski definition) is 4. The number of amides is 2. The molecule has 0 saturated heterocycles. The molecule has 0 fully saturated rings. The van der Waals surface area contributed by atoms with Crippen molar-refractivity contribution in [1.29, 1.82) is 0 Å². The van der Waals surface area contributed by atoms with Crippen molar-refractivity contribution in [3.05, 3.63) is 53.9 Å². The Morgan fingerprint density at radius 3 is 2.87 bits per heavy atom. The van der Waals surface area contributed by atoms with Crippen LogP contribution in [0.2, 0.25) is 0 Å². The predicted molar refractivity (Wildman–Crippen MR) is 89.4 cm³/mol. The lowest BCUT2D eigenvalue weighted by Gasteiger charge is -2.22. The molecule has 2 heterocycles. The third-order valence-electron chi connectivity index (χ3n) is 3.98. The largest absolute Gasteiger partial charge is 0.383 e. The fraction of sp³-hybridized carbons (Fsp3) is 0.278. The zero-order valence-corrected chi connectivity index (χ0v) is 13.1. The van der Waals surface area contributed by atoms with Crippen molar-refractivity contribution in [3.63, 3.8) is 0 Å². The van der Waals surface area contributed by atoms with Crippen molar-refractivity contribution in [2.45, 2.75) is 26.2 Å². The average molecular weight is 309 g/mol. The Morgan fingerprint density at radius 1 is 1.26 bits per heavy atom. The molecule has 1 aromatic carbocycles. The number of rotatable bonds is 4. The molecule has 5 heteroatoms. The minimum absolute atomic E-state index is 0.191. The molecule has 0 spiro atoms. The van der Waals surface area contributed by atoms with E-state index in [9.17, 15) is 9.59 Å². The Morgan fingerprint density at radius 2 is 2.13 bits per heavy atom. The fourth-order valence-corrected chi connectivity index (χ4v) is 2.90. The number of benzene rings is 1. The highest BCUT2D eigenvalue weighted by Gasteiger charge is 2.25. The number of aryl methyl sites for hydroxylation is 1. The molecule has 0 saturated carbocycles. The van der Waals surface area contributed by atoms with Gasteiger partial charge in [0.05, 0.1) is 11.4 Å². The molecule has 2 amide bonds. The van der Waals surface area contributed by atoms with Crippen LogP contribution in [0.5, 0.6) is 0 Å². The van der Waals surface area contributed by atoms with Crippen LogP contribution in [0.15, 0.2) is 42.7 Å². The third kappa shape index (κ3) is 3.23. The van der Waals surface area contributed by atoms with E-state index in [4.69, 9.17) is 0 Å². The standard InChI is InChI=1S/C18H19N3O2/c1-13(22)21(16-6-2-5-15-9-11-20-18(15)16)17(23)8-7-14-4-3-10-19-12-14/h2-6,10,12,20H,7-9,11H2,1H3. The van der Waals surface area contributed by atoms with E-state index < -0.39 is 0 Å². The molecule has 1 aliphatic rings. The summed E-state index contributed by atoms with van der Waals surface area (Å²) in [6.07, 6.45) is 5.20. The molecule has 0 aliphatic carbocycles. The summed E-state index contributed by atoms with van der Waals surface area (Å²) in [6.45, 7) is 2.26. The lowest BCUT2D eigenvalue weighted by Crippen LogP contribution is -2.35. The maximum Gasteiger partial charge on any atom is 0.234 e. The highest BCUT2D eigenvalue weighted by atomic mass is 16.2. The van der Waals surface area contributed by atoms with E-state index in [2.05, 4.69) is 10.3 Å². The number of hydrogen-bond donors (Lipinski definition) is 1. The fourth-order valence-electron chi connectivity index (χ4n) is 2.90. The Balaban J connectivity index is 1.81. The van der Waals surface area contributed by atoms with Crippen molar-refractivity contribution in [2.24, 2.45) is 0 Å². The van der Waals surface area contributed by atoms with Crippen LogP contribution in [-0.2, 0) is 22.4 Å².